The van der Waals surface area contributed by atoms with Gasteiger partial charge in [0.05, 0.1) is 10.5 Å². The Bertz CT molecular complexity index is 1050. The molecule has 0 spiro atoms. The Kier molecular flexibility index (Phi) is 6.24. The maximum Gasteiger partial charge on any atom is 0.417 e. The van der Waals surface area contributed by atoms with Crippen molar-refractivity contribution >= 4 is 21.6 Å². The third-order valence-corrected chi connectivity index (χ3v) is 6.33. The van der Waals surface area contributed by atoms with Gasteiger partial charge in [0.1, 0.15) is 0 Å². The summed E-state index contributed by atoms with van der Waals surface area (Å²) in [5.41, 5.74) is 1.12. The van der Waals surface area contributed by atoms with Crippen LogP contribution in [-0.4, -0.2) is 20.9 Å². The zero-order valence-electron chi connectivity index (χ0n) is 16.7. The molecule has 9 heteroatoms. The van der Waals surface area contributed by atoms with Gasteiger partial charge in [0, 0.05) is 25.2 Å². The molecule has 0 saturated carbocycles. The van der Waals surface area contributed by atoms with Crippen LogP contribution in [0.5, 0.6) is 0 Å². The first-order chi connectivity index (χ1) is 14.0. The summed E-state index contributed by atoms with van der Waals surface area (Å²) in [4.78, 5) is 13.3. The van der Waals surface area contributed by atoms with Crippen molar-refractivity contribution in [2.75, 3.05) is 11.4 Å². The van der Waals surface area contributed by atoms with Crippen molar-refractivity contribution in [2.24, 2.45) is 5.92 Å². The molecule has 3 rings (SSSR count). The smallest absolute Gasteiger partial charge is 0.312 e. The molecule has 0 aliphatic carbocycles. The standard InChI is InChI=1S/C21H23F3N2O3S/c1-14(2)11-20(27)26-10-9-16-12-15(7-8-18(16)26)13-25-30(28,29)19-6-4-3-5-17(19)21(22,23)24/h3-8,12,14,25H,9-11,13H2,1-2H3. The van der Waals surface area contributed by atoms with Crippen molar-refractivity contribution < 1.29 is 26.4 Å². The fourth-order valence-electron chi connectivity index (χ4n) is 3.47. The van der Waals surface area contributed by atoms with Crippen LogP contribution in [0.4, 0.5) is 18.9 Å². The third kappa shape index (κ3) is 4.84. The number of hydrogen-bond acceptors (Lipinski definition) is 3. The van der Waals surface area contributed by atoms with E-state index in [1.165, 1.54) is 6.07 Å². The Morgan fingerprint density at radius 1 is 1.17 bits per heavy atom. The summed E-state index contributed by atoms with van der Waals surface area (Å²) < 4.78 is 66.7. The number of halogens is 3. The maximum absolute atomic E-state index is 13.1. The summed E-state index contributed by atoms with van der Waals surface area (Å²) in [5.74, 6) is 0.288. The van der Waals surface area contributed by atoms with Gasteiger partial charge in [-0.3, -0.25) is 4.79 Å². The molecule has 0 radical (unpaired) electrons. The first-order valence-electron chi connectivity index (χ1n) is 9.57. The van der Waals surface area contributed by atoms with Crippen LogP contribution in [-0.2, 0) is 34.0 Å². The van der Waals surface area contributed by atoms with Crippen molar-refractivity contribution in [3.8, 4) is 0 Å². The van der Waals surface area contributed by atoms with E-state index in [2.05, 4.69) is 4.72 Å². The quantitative estimate of drug-likeness (QED) is 0.735. The van der Waals surface area contributed by atoms with Crippen LogP contribution >= 0.6 is 0 Å². The van der Waals surface area contributed by atoms with Crippen LogP contribution in [0.15, 0.2) is 47.4 Å². The van der Waals surface area contributed by atoms with Crippen molar-refractivity contribution in [3.05, 3.63) is 59.2 Å². The molecule has 1 heterocycles. The van der Waals surface area contributed by atoms with E-state index in [0.717, 1.165) is 29.4 Å². The zero-order valence-corrected chi connectivity index (χ0v) is 17.5. The molecule has 162 valence electrons. The van der Waals surface area contributed by atoms with Crippen LogP contribution in [0, 0.1) is 5.92 Å². The predicted octanol–water partition coefficient (Wildman–Crippen LogP) is 4.12. The number of fused-ring (bicyclic) bond motifs is 1. The highest BCUT2D eigenvalue weighted by atomic mass is 32.2. The SMILES string of the molecule is CC(C)CC(=O)N1CCc2cc(CNS(=O)(=O)c3ccccc3C(F)(F)F)ccc21. The molecule has 0 aromatic heterocycles. The number of carbonyl (C=O) groups is 1. The van der Waals surface area contributed by atoms with Gasteiger partial charge >= 0.3 is 6.18 Å². The van der Waals surface area contributed by atoms with Gasteiger partial charge in [-0.05, 0) is 41.7 Å². The Hall–Kier alpha value is -2.39. The van der Waals surface area contributed by atoms with Crippen molar-refractivity contribution in [3.63, 3.8) is 0 Å². The summed E-state index contributed by atoms with van der Waals surface area (Å²) in [6.07, 6.45) is -3.68. The predicted molar refractivity (Wildman–Crippen MR) is 107 cm³/mol. The van der Waals surface area contributed by atoms with E-state index in [1.54, 1.807) is 23.1 Å². The lowest BCUT2D eigenvalue weighted by atomic mass is 10.1. The number of rotatable bonds is 6. The number of nitrogens with one attached hydrogen (secondary N) is 1. The van der Waals surface area contributed by atoms with Crippen LogP contribution < -0.4 is 9.62 Å². The van der Waals surface area contributed by atoms with E-state index in [0.29, 0.717) is 24.9 Å². The average molecular weight is 440 g/mol. The number of sulfonamides is 1. The second kappa shape index (κ2) is 8.39. The lowest BCUT2D eigenvalue weighted by Gasteiger charge is -2.19. The third-order valence-electron chi connectivity index (χ3n) is 4.87. The normalized spacial score (nSPS) is 14.3. The summed E-state index contributed by atoms with van der Waals surface area (Å²) in [6, 6.07) is 9.30. The Morgan fingerprint density at radius 3 is 2.53 bits per heavy atom. The van der Waals surface area contributed by atoms with Gasteiger partial charge in [-0.2, -0.15) is 13.2 Å². The van der Waals surface area contributed by atoms with E-state index >= 15 is 0 Å². The largest absolute Gasteiger partial charge is 0.417 e. The van der Waals surface area contributed by atoms with Gasteiger partial charge in [0.15, 0.2) is 0 Å². The highest BCUT2D eigenvalue weighted by molar-refractivity contribution is 7.89. The number of amides is 1. The average Bonchev–Trinajstić information content (AvgIpc) is 3.08. The van der Waals surface area contributed by atoms with E-state index in [4.69, 9.17) is 0 Å². The van der Waals surface area contributed by atoms with Crippen molar-refractivity contribution in [1.82, 2.24) is 4.72 Å². The highest BCUT2D eigenvalue weighted by Crippen LogP contribution is 2.34. The molecule has 1 aliphatic rings. The maximum atomic E-state index is 13.1. The summed E-state index contributed by atoms with van der Waals surface area (Å²) >= 11 is 0. The minimum Gasteiger partial charge on any atom is -0.312 e. The first kappa shape index (κ1) is 22.3. The lowest BCUT2D eigenvalue weighted by Crippen LogP contribution is -2.29. The van der Waals surface area contributed by atoms with Gasteiger partial charge in [0.25, 0.3) is 0 Å². The Morgan fingerprint density at radius 2 is 1.87 bits per heavy atom. The van der Waals surface area contributed by atoms with Gasteiger partial charge < -0.3 is 4.90 Å². The zero-order chi connectivity index (χ0) is 22.1. The second-order valence-corrected chi connectivity index (χ2v) is 9.41. The van der Waals surface area contributed by atoms with E-state index in [9.17, 15) is 26.4 Å². The highest BCUT2D eigenvalue weighted by Gasteiger charge is 2.36. The van der Waals surface area contributed by atoms with E-state index < -0.39 is 26.7 Å². The molecule has 1 N–H and O–H groups in total. The van der Waals surface area contributed by atoms with E-state index in [1.807, 2.05) is 13.8 Å². The van der Waals surface area contributed by atoms with Crippen LogP contribution in [0.2, 0.25) is 0 Å². The fraction of sp³-hybridized carbons (Fsp3) is 0.381. The first-order valence-corrected chi connectivity index (χ1v) is 11.1. The summed E-state index contributed by atoms with van der Waals surface area (Å²) in [7, 11) is -4.36. The minimum atomic E-state index is -4.77. The molecule has 2 aromatic carbocycles. The molecule has 0 unspecified atom stereocenters. The Labute approximate surface area is 173 Å². The number of carbonyl (C=O) groups excluding carboxylic acids is 1. The number of nitrogens with zero attached hydrogens (tertiary/aromatic N) is 1. The van der Waals surface area contributed by atoms with Crippen LogP contribution in [0.3, 0.4) is 0 Å². The minimum absolute atomic E-state index is 0.0426. The van der Waals surface area contributed by atoms with Gasteiger partial charge in [-0.15, -0.1) is 0 Å². The molecule has 0 fully saturated rings. The van der Waals surface area contributed by atoms with Crippen molar-refractivity contribution in [1.29, 1.82) is 0 Å². The molecule has 0 saturated heterocycles. The molecule has 0 bridgehead atoms. The number of anilines is 1. The van der Waals surface area contributed by atoms with Crippen LogP contribution in [0.25, 0.3) is 0 Å². The monoisotopic (exact) mass is 440 g/mol. The topological polar surface area (TPSA) is 66.5 Å². The Balaban J connectivity index is 1.76. The molecule has 1 aliphatic heterocycles. The van der Waals surface area contributed by atoms with Crippen molar-refractivity contribution in [2.45, 2.75) is 44.3 Å². The number of hydrogen-bond donors (Lipinski definition) is 1. The number of benzene rings is 2. The molecular formula is C21H23F3N2O3S. The van der Waals surface area contributed by atoms with Gasteiger partial charge in [-0.25, -0.2) is 13.1 Å². The van der Waals surface area contributed by atoms with Crippen LogP contribution in [0.1, 0.15) is 37.0 Å². The molecular weight excluding hydrogens is 417 g/mol. The molecule has 2 aromatic rings. The molecule has 30 heavy (non-hydrogen) atoms. The lowest BCUT2D eigenvalue weighted by molar-refractivity contribution is -0.139. The number of alkyl halides is 3. The fourth-order valence-corrected chi connectivity index (χ4v) is 4.72. The van der Waals surface area contributed by atoms with Gasteiger partial charge in [0.2, 0.25) is 15.9 Å². The van der Waals surface area contributed by atoms with E-state index in [-0.39, 0.29) is 18.4 Å². The molecule has 5 nitrogen and oxygen atoms in total. The second-order valence-electron chi connectivity index (χ2n) is 7.67. The van der Waals surface area contributed by atoms with Gasteiger partial charge in [-0.1, -0.05) is 38.1 Å². The molecule has 1 amide bonds. The summed E-state index contributed by atoms with van der Waals surface area (Å²) in [6.45, 7) is 4.36. The molecule has 0 atom stereocenters. The summed E-state index contributed by atoms with van der Waals surface area (Å²) in [5, 5.41) is 0.